The SMILES string of the molecule is CCCCCC/C=C\CCCCCCCC(=O)NC(COP(=O)(O)OCC[N+](C)(C)C)C(O)/C=C/CC/C=C/CCCCCCCCCCCCCCCCCCC. The molecule has 0 aromatic carbocycles. The first-order chi connectivity index (χ1) is 28.0. The van der Waals surface area contributed by atoms with Crippen molar-refractivity contribution in [1.29, 1.82) is 0 Å². The van der Waals surface area contributed by atoms with Crippen LogP contribution < -0.4 is 5.32 Å². The third kappa shape index (κ3) is 42.8. The van der Waals surface area contributed by atoms with Gasteiger partial charge in [-0.1, -0.05) is 192 Å². The predicted octanol–water partition coefficient (Wildman–Crippen LogP) is 13.9. The summed E-state index contributed by atoms with van der Waals surface area (Å²) in [5.74, 6) is -0.196. The number of quaternary nitrogens is 1. The van der Waals surface area contributed by atoms with E-state index in [2.05, 4.69) is 43.5 Å². The monoisotopic (exact) mass is 840 g/mol. The van der Waals surface area contributed by atoms with E-state index in [1.807, 2.05) is 27.2 Å². The van der Waals surface area contributed by atoms with Crippen LogP contribution in [0.15, 0.2) is 36.5 Å². The zero-order chi connectivity index (χ0) is 42.8. The first-order valence-corrected chi connectivity index (χ1v) is 25.9. The number of rotatable bonds is 44. The van der Waals surface area contributed by atoms with E-state index in [0.29, 0.717) is 17.4 Å². The van der Waals surface area contributed by atoms with E-state index in [4.69, 9.17) is 9.05 Å². The van der Waals surface area contributed by atoms with Crippen LogP contribution in [0.1, 0.15) is 219 Å². The largest absolute Gasteiger partial charge is 0.472 e. The van der Waals surface area contributed by atoms with Gasteiger partial charge in [0.25, 0.3) is 0 Å². The lowest BCUT2D eigenvalue weighted by molar-refractivity contribution is -0.870. The van der Waals surface area contributed by atoms with Gasteiger partial charge in [0.15, 0.2) is 0 Å². The number of aliphatic hydroxyl groups is 1. The van der Waals surface area contributed by atoms with Crippen LogP contribution in [-0.4, -0.2) is 73.4 Å². The molecule has 0 bridgehead atoms. The Bertz CT molecular complexity index is 1040. The summed E-state index contributed by atoms with van der Waals surface area (Å²) in [4.78, 5) is 23.1. The molecule has 8 nitrogen and oxygen atoms in total. The van der Waals surface area contributed by atoms with Gasteiger partial charge in [-0.25, -0.2) is 4.57 Å². The van der Waals surface area contributed by atoms with Crippen LogP contribution in [0.3, 0.4) is 0 Å². The Hall–Kier alpha value is -1.28. The van der Waals surface area contributed by atoms with Crippen LogP contribution in [0.2, 0.25) is 0 Å². The van der Waals surface area contributed by atoms with Gasteiger partial charge in [0.2, 0.25) is 5.91 Å². The van der Waals surface area contributed by atoms with Crippen molar-refractivity contribution < 1.29 is 32.9 Å². The van der Waals surface area contributed by atoms with Crippen molar-refractivity contribution in [3.63, 3.8) is 0 Å². The van der Waals surface area contributed by atoms with E-state index in [1.54, 1.807) is 6.08 Å². The smallest absolute Gasteiger partial charge is 0.387 e. The minimum absolute atomic E-state index is 0.0547. The molecule has 0 heterocycles. The van der Waals surface area contributed by atoms with Gasteiger partial charge in [-0.2, -0.15) is 0 Å². The molecule has 0 rings (SSSR count). The van der Waals surface area contributed by atoms with Crippen LogP contribution in [0, 0.1) is 0 Å². The Balaban J connectivity index is 4.35. The summed E-state index contributed by atoms with van der Waals surface area (Å²) in [5, 5.41) is 13.8. The Kier molecular flexibility index (Phi) is 40.2. The van der Waals surface area contributed by atoms with E-state index < -0.39 is 20.0 Å². The molecule has 0 radical (unpaired) electrons. The molecule has 0 saturated heterocycles. The third-order valence-corrected chi connectivity index (χ3v) is 11.8. The number of phosphoric acid groups is 1. The number of carbonyl (C=O) groups excluding carboxylic acids is 1. The number of allylic oxidation sites excluding steroid dienone is 5. The van der Waals surface area contributed by atoms with Gasteiger partial charge in [-0.05, 0) is 57.8 Å². The highest BCUT2D eigenvalue weighted by Gasteiger charge is 2.27. The number of amides is 1. The number of hydrogen-bond acceptors (Lipinski definition) is 5. The summed E-state index contributed by atoms with van der Waals surface area (Å²) >= 11 is 0. The zero-order valence-electron chi connectivity index (χ0n) is 38.8. The highest BCUT2D eigenvalue weighted by atomic mass is 31.2. The summed E-state index contributed by atoms with van der Waals surface area (Å²) in [7, 11) is 1.55. The number of phosphoric ester groups is 1. The molecule has 0 aliphatic carbocycles. The van der Waals surface area contributed by atoms with Gasteiger partial charge in [-0.15, -0.1) is 0 Å². The lowest BCUT2D eigenvalue weighted by atomic mass is 10.0. The molecular formula is C49H96N2O6P+. The van der Waals surface area contributed by atoms with E-state index in [-0.39, 0.29) is 19.1 Å². The van der Waals surface area contributed by atoms with Gasteiger partial charge in [-0.3, -0.25) is 13.8 Å². The van der Waals surface area contributed by atoms with Crippen molar-refractivity contribution >= 4 is 13.7 Å². The Morgan fingerprint density at radius 2 is 0.948 bits per heavy atom. The van der Waals surface area contributed by atoms with Crippen LogP contribution in [0.4, 0.5) is 0 Å². The van der Waals surface area contributed by atoms with Crippen molar-refractivity contribution in [1.82, 2.24) is 5.32 Å². The normalized spacial score (nSPS) is 14.5. The van der Waals surface area contributed by atoms with Gasteiger partial charge in [0, 0.05) is 6.42 Å². The molecule has 0 aromatic rings. The second kappa shape index (κ2) is 41.1. The molecule has 3 N–H and O–H groups in total. The fourth-order valence-corrected chi connectivity index (χ4v) is 7.67. The summed E-state index contributed by atoms with van der Waals surface area (Å²) in [5.41, 5.74) is 0. The van der Waals surface area contributed by atoms with E-state index in [1.165, 1.54) is 148 Å². The molecular weight excluding hydrogens is 744 g/mol. The van der Waals surface area contributed by atoms with Crippen LogP contribution in [0.25, 0.3) is 0 Å². The molecule has 1 amide bonds. The number of nitrogens with zero attached hydrogens (tertiary/aromatic N) is 1. The summed E-state index contributed by atoms with van der Waals surface area (Å²) < 4.78 is 23.6. The minimum atomic E-state index is -4.35. The van der Waals surface area contributed by atoms with Crippen molar-refractivity contribution in [2.75, 3.05) is 40.9 Å². The quantitative estimate of drug-likeness (QED) is 0.0244. The molecule has 0 spiro atoms. The average molecular weight is 840 g/mol. The molecule has 0 aliphatic heterocycles. The summed E-state index contributed by atoms with van der Waals surface area (Å²) in [6.07, 6.45) is 50.9. The highest BCUT2D eigenvalue weighted by Crippen LogP contribution is 2.43. The van der Waals surface area contributed by atoms with E-state index in [0.717, 1.165) is 51.4 Å². The van der Waals surface area contributed by atoms with Gasteiger partial charge in [0.1, 0.15) is 13.2 Å². The van der Waals surface area contributed by atoms with Crippen molar-refractivity contribution in [3.05, 3.63) is 36.5 Å². The van der Waals surface area contributed by atoms with Gasteiger partial charge < -0.3 is 19.8 Å². The molecule has 58 heavy (non-hydrogen) atoms. The van der Waals surface area contributed by atoms with Crippen molar-refractivity contribution in [2.24, 2.45) is 0 Å². The Labute approximate surface area is 359 Å². The first-order valence-electron chi connectivity index (χ1n) is 24.4. The maximum absolute atomic E-state index is 12.9. The number of unbranched alkanes of at least 4 members (excludes halogenated alkanes) is 27. The minimum Gasteiger partial charge on any atom is -0.387 e. The van der Waals surface area contributed by atoms with Crippen molar-refractivity contribution in [2.45, 2.75) is 231 Å². The predicted molar refractivity (Wildman–Crippen MR) is 249 cm³/mol. The number of carbonyl (C=O) groups is 1. The number of nitrogens with one attached hydrogen (secondary N) is 1. The Morgan fingerprint density at radius 3 is 1.40 bits per heavy atom. The van der Waals surface area contributed by atoms with Crippen LogP contribution in [0.5, 0.6) is 0 Å². The standard InChI is InChI=1S/C49H95N2O6P/c1-6-8-10-12-14-16-18-20-21-22-23-24-25-26-27-28-29-31-32-34-36-38-40-42-48(52)47(46-57-58(54,55)56-45-44-51(3,4)5)50-49(53)43-41-39-37-35-33-30-19-17-15-13-11-9-7-2/h17,19,32,34,40,42,47-48,52H,6-16,18,20-31,33,35-39,41,43-46H2,1-5H3,(H-,50,53,54,55)/p+1/b19-17-,34-32+,42-40+. The molecule has 0 aromatic heterocycles. The third-order valence-electron chi connectivity index (χ3n) is 10.8. The average Bonchev–Trinajstić information content (AvgIpc) is 3.17. The molecule has 342 valence electrons. The van der Waals surface area contributed by atoms with Gasteiger partial charge in [0.05, 0.1) is 39.9 Å². The van der Waals surface area contributed by atoms with E-state index in [9.17, 15) is 19.4 Å². The number of likely N-dealkylation sites (N-methyl/N-ethyl adjacent to an activating group) is 1. The molecule has 3 atom stereocenters. The fraction of sp³-hybridized carbons (Fsp3) is 0.857. The zero-order valence-corrected chi connectivity index (χ0v) is 39.7. The lowest BCUT2D eigenvalue weighted by Gasteiger charge is -2.25. The summed E-state index contributed by atoms with van der Waals surface area (Å²) in [6, 6.07) is -0.866. The second-order valence-electron chi connectivity index (χ2n) is 17.8. The topological polar surface area (TPSA) is 105 Å². The van der Waals surface area contributed by atoms with E-state index >= 15 is 0 Å². The van der Waals surface area contributed by atoms with Crippen LogP contribution in [-0.2, 0) is 18.4 Å². The van der Waals surface area contributed by atoms with Crippen LogP contribution >= 0.6 is 7.82 Å². The molecule has 9 heteroatoms. The summed E-state index contributed by atoms with van der Waals surface area (Å²) in [6.45, 7) is 4.78. The first kappa shape index (κ1) is 56.7. The highest BCUT2D eigenvalue weighted by molar-refractivity contribution is 7.47. The number of aliphatic hydroxyl groups excluding tert-OH is 1. The second-order valence-corrected chi connectivity index (χ2v) is 19.3. The Morgan fingerprint density at radius 1 is 0.569 bits per heavy atom. The maximum Gasteiger partial charge on any atom is 0.472 e. The maximum atomic E-state index is 12.9. The molecule has 0 aliphatic rings. The van der Waals surface area contributed by atoms with Gasteiger partial charge >= 0.3 is 7.82 Å². The van der Waals surface area contributed by atoms with Crippen molar-refractivity contribution in [3.8, 4) is 0 Å². The number of hydrogen-bond donors (Lipinski definition) is 3. The fourth-order valence-electron chi connectivity index (χ4n) is 6.93. The molecule has 0 fully saturated rings. The molecule has 3 unspecified atom stereocenters. The lowest BCUT2D eigenvalue weighted by Crippen LogP contribution is -2.45. The molecule has 0 saturated carbocycles.